The summed E-state index contributed by atoms with van der Waals surface area (Å²) in [5, 5.41) is 2.94. The molecule has 2 aromatic rings. The van der Waals surface area contributed by atoms with Crippen molar-refractivity contribution in [3.05, 3.63) is 59.9 Å². The maximum atomic E-state index is 11.4. The first-order valence-corrected chi connectivity index (χ1v) is 7.10. The number of carbonyl (C=O) groups excluding carboxylic acids is 1. The molecule has 1 aromatic carbocycles. The fourth-order valence-electron chi connectivity index (χ4n) is 1.93. The summed E-state index contributed by atoms with van der Waals surface area (Å²) in [5.41, 5.74) is 2.09. The Morgan fingerprint density at radius 3 is 2.67 bits per heavy atom. The zero-order valence-electron chi connectivity index (χ0n) is 12.4. The predicted molar refractivity (Wildman–Crippen MR) is 81.9 cm³/mol. The van der Waals surface area contributed by atoms with Crippen LogP contribution in [0.25, 0.3) is 0 Å². The third-order valence-electron chi connectivity index (χ3n) is 3.21. The third-order valence-corrected chi connectivity index (χ3v) is 3.21. The van der Waals surface area contributed by atoms with Crippen LogP contribution >= 0.6 is 0 Å². The van der Waals surface area contributed by atoms with E-state index in [9.17, 15) is 4.79 Å². The van der Waals surface area contributed by atoms with Crippen molar-refractivity contribution in [3.63, 3.8) is 0 Å². The van der Waals surface area contributed by atoms with Gasteiger partial charge < -0.3 is 10.1 Å². The Morgan fingerprint density at radius 2 is 2.05 bits per heavy atom. The smallest absolute Gasteiger partial charge is 0.220 e. The second kappa shape index (κ2) is 7.43. The van der Waals surface area contributed by atoms with E-state index in [0.29, 0.717) is 13.0 Å². The summed E-state index contributed by atoms with van der Waals surface area (Å²) in [7, 11) is 0. The first-order chi connectivity index (χ1) is 10.2. The molecule has 2 rings (SSSR count). The summed E-state index contributed by atoms with van der Waals surface area (Å²) >= 11 is 0. The minimum atomic E-state index is 0.00447. The lowest BCUT2D eigenvalue weighted by Gasteiger charge is -2.14. The molecule has 21 heavy (non-hydrogen) atoms. The predicted octanol–water partition coefficient (Wildman–Crippen LogP) is 3.25. The van der Waals surface area contributed by atoms with E-state index in [4.69, 9.17) is 4.74 Å². The number of nitrogens with one attached hydrogen (secondary N) is 1. The molecule has 0 bridgehead atoms. The van der Waals surface area contributed by atoms with E-state index in [1.165, 1.54) is 0 Å². The molecule has 1 atom stereocenters. The molecule has 1 N–H and O–H groups in total. The van der Waals surface area contributed by atoms with Gasteiger partial charge in [-0.05, 0) is 30.7 Å². The molecule has 0 aliphatic rings. The van der Waals surface area contributed by atoms with Gasteiger partial charge in [0, 0.05) is 24.4 Å². The number of benzene rings is 1. The molecule has 110 valence electrons. The van der Waals surface area contributed by atoms with Gasteiger partial charge >= 0.3 is 0 Å². The van der Waals surface area contributed by atoms with Crippen molar-refractivity contribution in [2.24, 2.45) is 0 Å². The Kier molecular flexibility index (Phi) is 5.32. The minimum absolute atomic E-state index is 0.00447. The van der Waals surface area contributed by atoms with Crippen LogP contribution in [0.2, 0.25) is 0 Å². The van der Waals surface area contributed by atoms with Crippen LogP contribution in [0.3, 0.4) is 0 Å². The number of rotatable bonds is 6. The lowest BCUT2D eigenvalue weighted by atomic mass is 10.1. The maximum absolute atomic E-state index is 11.4. The number of hydrogen-bond donors (Lipinski definition) is 1. The van der Waals surface area contributed by atoms with Crippen LogP contribution in [0.15, 0.2) is 48.8 Å². The van der Waals surface area contributed by atoms with Crippen molar-refractivity contribution in [2.75, 3.05) is 0 Å². The van der Waals surface area contributed by atoms with Crippen LogP contribution in [-0.2, 0) is 11.4 Å². The van der Waals surface area contributed by atoms with E-state index in [0.717, 1.165) is 16.9 Å². The minimum Gasteiger partial charge on any atom is -0.489 e. The van der Waals surface area contributed by atoms with Gasteiger partial charge in [-0.2, -0.15) is 0 Å². The van der Waals surface area contributed by atoms with Crippen LogP contribution in [0.1, 0.15) is 37.4 Å². The Hall–Kier alpha value is -2.36. The van der Waals surface area contributed by atoms with Gasteiger partial charge in [0.2, 0.25) is 5.91 Å². The number of ether oxygens (including phenoxy) is 1. The molecular formula is C17H20N2O2. The van der Waals surface area contributed by atoms with Crippen LogP contribution < -0.4 is 10.1 Å². The molecule has 0 aliphatic carbocycles. The molecule has 0 spiro atoms. The summed E-state index contributed by atoms with van der Waals surface area (Å²) in [6.07, 6.45) is 4.03. The Labute approximate surface area is 125 Å². The SMILES string of the molecule is CCC(=O)N[C@@H](C)c1ccc(OCc2cccnc2)cc1. The van der Waals surface area contributed by atoms with Crippen molar-refractivity contribution in [3.8, 4) is 5.75 Å². The van der Waals surface area contributed by atoms with Crippen molar-refractivity contribution in [1.82, 2.24) is 10.3 Å². The quantitative estimate of drug-likeness (QED) is 0.886. The first-order valence-electron chi connectivity index (χ1n) is 7.10. The average molecular weight is 284 g/mol. The zero-order valence-corrected chi connectivity index (χ0v) is 12.4. The van der Waals surface area contributed by atoms with Crippen LogP contribution in [-0.4, -0.2) is 10.9 Å². The van der Waals surface area contributed by atoms with Crippen molar-refractivity contribution >= 4 is 5.91 Å². The van der Waals surface area contributed by atoms with Crippen LogP contribution in [0, 0.1) is 0 Å². The number of carbonyl (C=O) groups is 1. The van der Waals surface area contributed by atoms with Gasteiger partial charge in [0.1, 0.15) is 12.4 Å². The summed E-state index contributed by atoms with van der Waals surface area (Å²) < 4.78 is 5.70. The Bertz CT molecular complexity index is 567. The van der Waals surface area contributed by atoms with Crippen molar-refractivity contribution in [2.45, 2.75) is 32.9 Å². The normalized spacial score (nSPS) is 11.7. The zero-order chi connectivity index (χ0) is 15.1. The molecular weight excluding hydrogens is 264 g/mol. The van der Waals surface area contributed by atoms with Gasteiger partial charge in [0.25, 0.3) is 0 Å². The summed E-state index contributed by atoms with van der Waals surface area (Å²) in [6.45, 7) is 4.31. The number of nitrogens with zero attached hydrogens (tertiary/aromatic N) is 1. The van der Waals surface area contributed by atoms with Crippen LogP contribution in [0.4, 0.5) is 0 Å². The monoisotopic (exact) mass is 284 g/mol. The highest BCUT2D eigenvalue weighted by Gasteiger charge is 2.08. The van der Waals surface area contributed by atoms with Crippen LogP contribution in [0.5, 0.6) is 5.75 Å². The fraction of sp³-hybridized carbons (Fsp3) is 0.294. The number of hydrogen-bond acceptors (Lipinski definition) is 3. The number of aromatic nitrogens is 1. The highest BCUT2D eigenvalue weighted by Crippen LogP contribution is 2.18. The number of pyridine rings is 1. The summed E-state index contributed by atoms with van der Waals surface area (Å²) in [5.74, 6) is 0.857. The molecule has 1 heterocycles. The lowest BCUT2D eigenvalue weighted by molar-refractivity contribution is -0.121. The van der Waals surface area contributed by atoms with E-state index >= 15 is 0 Å². The third kappa shape index (κ3) is 4.60. The van der Waals surface area contributed by atoms with Gasteiger partial charge in [-0.3, -0.25) is 9.78 Å². The van der Waals surface area contributed by atoms with Gasteiger partial charge in [-0.1, -0.05) is 25.1 Å². The standard InChI is InChI=1S/C17H20N2O2/c1-3-17(20)19-13(2)15-6-8-16(9-7-15)21-12-14-5-4-10-18-11-14/h4-11,13H,3,12H2,1-2H3,(H,19,20)/t13-/m0/s1. The van der Waals surface area contributed by atoms with E-state index in [1.54, 1.807) is 12.4 Å². The van der Waals surface area contributed by atoms with Crippen molar-refractivity contribution in [1.29, 1.82) is 0 Å². The first kappa shape index (κ1) is 15.0. The topological polar surface area (TPSA) is 51.2 Å². The van der Waals surface area contributed by atoms with Gasteiger partial charge in [-0.25, -0.2) is 0 Å². The molecule has 0 radical (unpaired) electrons. The average Bonchev–Trinajstić information content (AvgIpc) is 2.54. The van der Waals surface area contributed by atoms with E-state index in [2.05, 4.69) is 10.3 Å². The lowest BCUT2D eigenvalue weighted by Crippen LogP contribution is -2.25. The molecule has 4 nitrogen and oxygen atoms in total. The van der Waals surface area contributed by atoms with Crippen molar-refractivity contribution < 1.29 is 9.53 Å². The molecule has 0 fully saturated rings. The summed E-state index contributed by atoms with van der Waals surface area (Å²) in [6, 6.07) is 11.6. The molecule has 0 saturated carbocycles. The molecule has 4 heteroatoms. The molecule has 0 aliphatic heterocycles. The fourth-order valence-corrected chi connectivity index (χ4v) is 1.93. The summed E-state index contributed by atoms with van der Waals surface area (Å²) in [4.78, 5) is 15.4. The second-order valence-electron chi connectivity index (χ2n) is 4.86. The highest BCUT2D eigenvalue weighted by atomic mass is 16.5. The van der Waals surface area contributed by atoms with Gasteiger partial charge in [0.05, 0.1) is 6.04 Å². The largest absolute Gasteiger partial charge is 0.489 e. The Morgan fingerprint density at radius 1 is 1.29 bits per heavy atom. The van der Waals surface area contributed by atoms with E-state index in [1.807, 2.05) is 50.2 Å². The molecule has 1 aromatic heterocycles. The molecule has 0 saturated heterocycles. The van der Waals surface area contributed by atoms with Gasteiger partial charge in [-0.15, -0.1) is 0 Å². The van der Waals surface area contributed by atoms with Gasteiger partial charge in [0.15, 0.2) is 0 Å². The second-order valence-corrected chi connectivity index (χ2v) is 4.86. The number of amides is 1. The molecule has 1 amide bonds. The Balaban J connectivity index is 1.91. The van der Waals surface area contributed by atoms with E-state index < -0.39 is 0 Å². The highest BCUT2D eigenvalue weighted by molar-refractivity contribution is 5.75. The molecule has 0 unspecified atom stereocenters. The van der Waals surface area contributed by atoms with E-state index in [-0.39, 0.29) is 11.9 Å². The maximum Gasteiger partial charge on any atom is 0.220 e.